The van der Waals surface area contributed by atoms with E-state index in [0.29, 0.717) is 5.82 Å². The van der Waals surface area contributed by atoms with Gasteiger partial charge in [0.1, 0.15) is 0 Å². The van der Waals surface area contributed by atoms with Crippen molar-refractivity contribution in [3.63, 3.8) is 0 Å². The van der Waals surface area contributed by atoms with Crippen LogP contribution >= 0.6 is 0 Å². The van der Waals surface area contributed by atoms with Gasteiger partial charge in [-0.05, 0) is 95.9 Å². The molecule has 11 aromatic rings. The molecule has 8 aromatic carbocycles. The SMILES string of the molecule is C=C/C=C(\C=C/C)n1c2cccc(-c3ccc4c(c3)c3cc(-c5ccccc5)ccc3n4-c3ccccc3)c2c2c(-c3cc(-c4ccccc4)nc(-c4ccccc4)n3)cccc21. The van der Waals surface area contributed by atoms with E-state index in [1.807, 2.05) is 30.3 Å². The van der Waals surface area contributed by atoms with Crippen molar-refractivity contribution >= 4 is 49.3 Å². The molecule has 0 N–H and O–H groups in total. The third kappa shape index (κ3) is 6.57. The molecule has 0 aliphatic heterocycles. The lowest BCUT2D eigenvalue weighted by Crippen LogP contribution is -1.97. The maximum atomic E-state index is 5.36. The van der Waals surface area contributed by atoms with E-state index in [1.54, 1.807) is 0 Å². The van der Waals surface area contributed by atoms with Gasteiger partial charge in [-0.1, -0.05) is 164 Å². The Morgan fingerprint density at radius 3 is 1.63 bits per heavy atom. The summed E-state index contributed by atoms with van der Waals surface area (Å²) in [6.45, 7) is 6.18. The summed E-state index contributed by atoms with van der Waals surface area (Å²) in [6, 6.07) is 71.3. The number of fused-ring (bicyclic) bond motifs is 6. The van der Waals surface area contributed by atoms with Crippen LogP contribution in [0.5, 0.6) is 0 Å². The normalized spacial score (nSPS) is 12.0. The van der Waals surface area contributed by atoms with Crippen LogP contribution in [0.4, 0.5) is 0 Å². The van der Waals surface area contributed by atoms with Crippen molar-refractivity contribution in [2.24, 2.45) is 0 Å². The van der Waals surface area contributed by atoms with Crippen molar-refractivity contribution in [1.29, 1.82) is 0 Å². The molecule has 0 fully saturated rings. The molecule has 0 aliphatic carbocycles. The summed E-state index contributed by atoms with van der Waals surface area (Å²) in [4.78, 5) is 10.5. The number of nitrogens with zero attached hydrogens (tertiary/aromatic N) is 4. The minimum atomic E-state index is 0.684. The highest BCUT2D eigenvalue weighted by atomic mass is 15.0. The van der Waals surface area contributed by atoms with Gasteiger partial charge in [0.15, 0.2) is 5.82 Å². The van der Waals surface area contributed by atoms with E-state index in [9.17, 15) is 0 Å². The fourth-order valence-corrected chi connectivity index (χ4v) is 9.25. The van der Waals surface area contributed by atoms with Crippen LogP contribution in [0.2, 0.25) is 0 Å². The van der Waals surface area contributed by atoms with Crippen molar-refractivity contribution in [3.05, 3.63) is 231 Å². The van der Waals surface area contributed by atoms with Gasteiger partial charge in [-0.15, -0.1) is 0 Å². The summed E-state index contributed by atoms with van der Waals surface area (Å²) < 4.78 is 4.75. The second kappa shape index (κ2) is 15.9. The molecule has 0 spiro atoms. The van der Waals surface area contributed by atoms with Crippen LogP contribution < -0.4 is 0 Å². The molecular weight excluding hydrogens is 765 g/mol. The highest BCUT2D eigenvalue weighted by Crippen LogP contribution is 2.45. The molecule has 0 unspecified atom stereocenters. The highest BCUT2D eigenvalue weighted by molar-refractivity contribution is 6.22. The maximum Gasteiger partial charge on any atom is 0.160 e. The van der Waals surface area contributed by atoms with Crippen LogP contribution in [0.25, 0.3) is 111 Å². The minimum Gasteiger partial charge on any atom is -0.309 e. The van der Waals surface area contributed by atoms with E-state index in [4.69, 9.17) is 9.97 Å². The number of rotatable bonds is 9. The van der Waals surface area contributed by atoms with Crippen LogP contribution in [-0.2, 0) is 0 Å². The van der Waals surface area contributed by atoms with Gasteiger partial charge in [-0.2, -0.15) is 0 Å². The number of benzene rings is 8. The smallest absolute Gasteiger partial charge is 0.160 e. The fourth-order valence-electron chi connectivity index (χ4n) is 9.25. The molecule has 0 bridgehead atoms. The van der Waals surface area contributed by atoms with E-state index in [0.717, 1.165) is 77.9 Å². The van der Waals surface area contributed by atoms with Crippen LogP contribution in [-0.4, -0.2) is 19.1 Å². The molecule has 0 aliphatic rings. The average molecular weight is 807 g/mol. The lowest BCUT2D eigenvalue weighted by molar-refractivity contribution is 1.18. The van der Waals surface area contributed by atoms with Gasteiger partial charge in [0.2, 0.25) is 0 Å². The second-order valence-electron chi connectivity index (χ2n) is 15.8. The molecular formula is C59H42N4. The molecule has 0 amide bonds. The first-order valence-corrected chi connectivity index (χ1v) is 21.4. The Balaban J connectivity index is 1.22. The third-order valence-electron chi connectivity index (χ3n) is 12.0. The van der Waals surface area contributed by atoms with Gasteiger partial charge < -0.3 is 9.13 Å². The van der Waals surface area contributed by atoms with Crippen LogP contribution in [0.15, 0.2) is 231 Å². The predicted octanol–water partition coefficient (Wildman–Crippen LogP) is 15.6. The van der Waals surface area contributed by atoms with Gasteiger partial charge in [0.25, 0.3) is 0 Å². The summed E-state index contributed by atoms with van der Waals surface area (Å²) in [5.74, 6) is 0.684. The lowest BCUT2D eigenvalue weighted by Gasteiger charge is -2.12. The maximum absolute atomic E-state index is 5.36. The quantitative estimate of drug-likeness (QED) is 0.136. The molecule has 3 aromatic heterocycles. The van der Waals surface area contributed by atoms with Crippen molar-refractivity contribution in [3.8, 4) is 61.8 Å². The first-order chi connectivity index (χ1) is 31.2. The summed E-state index contributed by atoms with van der Waals surface area (Å²) in [7, 11) is 0. The van der Waals surface area contributed by atoms with Gasteiger partial charge in [-0.3, -0.25) is 0 Å². The molecule has 0 atom stereocenters. The number of hydrogen-bond acceptors (Lipinski definition) is 2. The Hall–Kier alpha value is -8.34. The van der Waals surface area contributed by atoms with E-state index >= 15 is 0 Å². The zero-order valence-electron chi connectivity index (χ0n) is 34.9. The lowest BCUT2D eigenvalue weighted by atomic mass is 9.94. The summed E-state index contributed by atoms with van der Waals surface area (Å²) >= 11 is 0. The third-order valence-corrected chi connectivity index (χ3v) is 12.0. The molecule has 298 valence electrons. The van der Waals surface area contributed by atoms with Gasteiger partial charge in [0, 0.05) is 49.6 Å². The molecule has 0 saturated heterocycles. The topological polar surface area (TPSA) is 35.6 Å². The predicted molar refractivity (Wildman–Crippen MR) is 266 cm³/mol. The second-order valence-corrected chi connectivity index (χ2v) is 15.8. The van der Waals surface area contributed by atoms with Crippen molar-refractivity contribution < 1.29 is 0 Å². The number of para-hydroxylation sites is 1. The molecule has 11 rings (SSSR count). The van der Waals surface area contributed by atoms with Crippen LogP contribution in [0.3, 0.4) is 0 Å². The molecule has 63 heavy (non-hydrogen) atoms. The van der Waals surface area contributed by atoms with Crippen molar-refractivity contribution in [2.45, 2.75) is 6.92 Å². The highest BCUT2D eigenvalue weighted by Gasteiger charge is 2.22. The summed E-state index contributed by atoms with van der Waals surface area (Å²) in [5, 5.41) is 4.68. The van der Waals surface area contributed by atoms with Crippen molar-refractivity contribution in [1.82, 2.24) is 19.1 Å². The Morgan fingerprint density at radius 2 is 1.00 bits per heavy atom. The van der Waals surface area contributed by atoms with Gasteiger partial charge in [-0.25, -0.2) is 9.97 Å². The Morgan fingerprint density at radius 1 is 0.460 bits per heavy atom. The standard InChI is InChI=1S/C59H42N4/c1-3-19-45(20-4-2)63-55-31-17-29-47(44-34-36-54-50(38-44)49-37-43(40-21-9-5-10-22-40)33-35-53(49)62(54)46-27-15-8-16-28-46)57(55)58-48(30-18-32-56(58)63)52-39-51(41-23-11-6-12-24-41)60-59(61-52)42-25-13-7-14-26-42/h3-39H,1H2,2H3/b20-4-,45-19+. The van der Waals surface area contributed by atoms with Gasteiger partial charge >= 0.3 is 0 Å². The molecule has 4 nitrogen and oxygen atoms in total. The van der Waals surface area contributed by atoms with Crippen LogP contribution in [0.1, 0.15) is 6.92 Å². The summed E-state index contributed by atoms with van der Waals surface area (Å²) in [6.07, 6.45) is 8.19. The van der Waals surface area contributed by atoms with Gasteiger partial charge in [0.05, 0.1) is 33.5 Å². The Kier molecular flexibility index (Phi) is 9.52. The number of allylic oxidation sites excluding steroid dienone is 5. The van der Waals surface area contributed by atoms with E-state index in [2.05, 4.69) is 217 Å². The number of hydrogen-bond donors (Lipinski definition) is 0. The monoisotopic (exact) mass is 806 g/mol. The zero-order chi connectivity index (χ0) is 42.3. The van der Waals surface area contributed by atoms with Crippen LogP contribution in [0, 0.1) is 0 Å². The first kappa shape index (κ1) is 37.6. The minimum absolute atomic E-state index is 0.684. The average Bonchev–Trinajstić information content (AvgIpc) is 3.87. The van der Waals surface area contributed by atoms with Crippen molar-refractivity contribution in [2.75, 3.05) is 0 Å². The summed E-state index contributed by atoms with van der Waals surface area (Å²) in [5.41, 5.74) is 16.1. The first-order valence-electron chi connectivity index (χ1n) is 21.4. The molecule has 0 saturated carbocycles. The Labute approximate surface area is 366 Å². The van der Waals surface area contributed by atoms with E-state index in [1.165, 1.54) is 27.4 Å². The zero-order valence-corrected chi connectivity index (χ0v) is 34.9. The largest absolute Gasteiger partial charge is 0.309 e. The fraction of sp³-hybridized carbons (Fsp3) is 0.0169. The van der Waals surface area contributed by atoms with E-state index in [-0.39, 0.29) is 0 Å². The van der Waals surface area contributed by atoms with E-state index < -0.39 is 0 Å². The Bertz CT molecular complexity index is 3500. The molecule has 4 heteroatoms. The molecule has 3 heterocycles. The number of aromatic nitrogens is 4. The molecule has 0 radical (unpaired) electrons.